The Balaban J connectivity index is 1.69. The molecule has 0 saturated carbocycles. The zero-order valence-corrected chi connectivity index (χ0v) is 16.0. The lowest BCUT2D eigenvalue weighted by Crippen LogP contribution is -2.30. The summed E-state index contributed by atoms with van der Waals surface area (Å²) in [5.74, 6) is 0.0356. The second-order valence-corrected chi connectivity index (χ2v) is 6.08. The second-order valence-electron chi connectivity index (χ2n) is 6.08. The number of para-hydroxylation sites is 2. The number of rotatable bonds is 12. The topological polar surface area (TPSA) is 71.1 Å². The minimum absolute atomic E-state index is 0.172. The molecule has 0 aliphatic heterocycles. The van der Waals surface area contributed by atoms with Crippen molar-refractivity contribution in [1.82, 2.24) is 0 Å². The molecule has 0 aromatic heterocycles. The maximum Gasteiger partial charge on any atom is 0.340 e. The Morgan fingerprint density at radius 1 is 0.857 bits per heavy atom. The molecular formula is C22H26O6. The van der Waals surface area contributed by atoms with Crippen LogP contribution in [0.5, 0.6) is 11.5 Å². The summed E-state index contributed by atoms with van der Waals surface area (Å²) in [5.41, 5.74) is 0. The molecule has 0 saturated heterocycles. The summed E-state index contributed by atoms with van der Waals surface area (Å²) in [6, 6.07) is 17.7. The number of esters is 2. The molecule has 0 heterocycles. The predicted molar refractivity (Wildman–Crippen MR) is 104 cm³/mol. The Labute approximate surface area is 165 Å². The first kappa shape index (κ1) is 21.6. The fourth-order valence-electron chi connectivity index (χ4n) is 2.38. The van der Waals surface area contributed by atoms with Crippen LogP contribution in [-0.4, -0.2) is 37.9 Å². The highest BCUT2D eigenvalue weighted by Crippen LogP contribution is 2.13. The van der Waals surface area contributed by atoms with Gasteiger partial charge in [0, 0.05) is 0 Å². The van der Waals surface area contributed by atoms with Gasteiger partial charge in [0.15, 0.2) is 6.10 Å². The highest BCUT2D eigenvalue weighted by Gasteiger charge is 2.21. The van der Waals surface area contributed by atoms with Crippen molar-refractivity contribution in [3.8, 4) is 11.5 Å². The molecule has 0 amide bonds. The van der Waals surface area contributed by atoms with Crippen molar-refractivity contribution in [2.75, 3.05) is 19.8 Å². The van der Waals surface area contributed by atoms with Gasteiger partial charge in [-0.1, -0.05) is 56.2 Å². The van der Waals surface area contributed by atoms with E-state index in [9.17, 15) is 9.59 Å². The first-order chi connectivity index (χ1) is 13.7. The van der Waals surface area contributed by atoms with E-state index in [-0.39, 0.29) is 19.8 Å². The van der Waals surface area contributed by atoms with Crippen molar-refractivity contribution in [1.29, 1.82) is 0 Å². The third-order valence-corrected chi connectivity index (χ3v) is 3.79. The van der Waals surface area contributed by atoms with Crippen LogP contribution in [0.15, 0.2) is 60.7 Å². The van der Waals surface area contributed by atoms with Gasteiger partial charge in [-0.05, 0) is 30.7 Å². The summed E-state index contributed by atoms with van der Waals surface area (Å²) in [7, 11) is 0. The average Bonchev–Trinajstić information content (AvgIpc) is 2.71. The first-order valence-corrected chi connectivity index (χ1v) is 9.41. The van der Waals surface area contributed by atoms with E-state index in [1.54, 1.807) is 48.5 Å². The molecule has 28 heavy (non-hydrogen) atoms. The number of carbonyl (C=O) groups is 2. The Bertz CT molecular complexity index is 701. The summed E-state index contributed by atoms with van der Waals surface area (Å²) < 4.78 is 21.4. The van der Waals surface area contributed by atoms with Crippen molar-refractivity contribution in [3.63, 3.8) is 0 Å². The van der Waals surface area contributed by atoms with Gasteiger partial charge in [-0.2, -0.15) is 0 Å². The number of benzene rings is 2. The van der Waals surface area contributed by atoms with E-state index in [0.717, 1.165) is 12.8 Å². The quantitative estimate of drug-likeness (QED) is 0.314. The maximum atomic E-state index is 12.3. The number of ether oxygens (including phenoxy) is 4. The summed E-state index contributed by atoms with van der Waals surface area (Å²) in [6.07, 6.45) is 1.69. The van der Waals surface area contributed by atoms with Crippen molar-refractivity contribution in [2.24, 2.45) is 0 Å². The summed E-state index contributed by atoms with van der Waals surface area (Å²) in [5, 5.41) is 0. The van der Waals surface area contributed by atoms with E-state index in [2.05, 4.69) is 0 Å². The van der Waals surface area contributed by atoms with Gasteiger partial charge in [0.2, 0.25) is 0 Å². The van der Waals surface area contributed by atoms with Crippen LogP contribution >= 0.6 is 0 Å². The minimum atomic E-state index is -0.667. The standard InChI is InChI=1S/C22H26O6/c1-2-3-14-20(22(24)28-19-12-8-5-9-13-19)26-16-15-25-17-21(23)27-18-10-6-4-7-11-18/h4-13,20H,2-3,14-17H2,1H3. The van der Waals surface area contributed by atoms with E-state index < -0.39 is 18.0 Å². The van der Waals surface area contributed by atoms with E-state index >= 15 is 0 Å². The SMILES string of the molecule is CCCCC(OCCOCC(=O)Oc1ccccc1)C(=O)Oc1ccccc1. The maximum absolute atomic E-state index is 12.3. The number of unbranched alkanes of at least 4 members (excludes halogenated alkanes) is 1. The van der Waals surface area contributed by atoms with Crippen LogP contribution in [0.4, 0.5) is 0 Å². The van der Waals surface area contributed by atoms with Gasteiger partial charge < -0.3 is 18.9 Å². The molecule has 0 fully saturated rings. The molecule has 6 nitrogen and oxygen atoms in total. The fourth-order valence-corrected chi connectivity index (χ4v) is 2.38. The molecule has 1 unspecified atom stereocenters. The lowest BCUT2D eigenvalue weighted by molar-refractivity contribution is -0.150. The van der Waals surface area contributed by atoms with Crippen LogP contribution in [0, 0.1) is 0 Å². The number of hydrogen-bond donors (Lipinski definition) is 0. The predicted octanol–water partition coefficient (Wildman–Crippen LogP) is 3.79. The number of hydrogen-bond acceptors (Lipinski definition) is 6. The third kappa shape index (κ3) is 8.33. The molecule has 1 atom stereocenters. The largest absolute Gasteiger partial charge is 0.425 e. The van der Waals surface area contributed by atoms with E-state index in [1.807, 2.05) is 19.1 Å². The molecule has 0 radical (unpaired) electrons. The van der Waals surface area contributed by atoms with Gasteiger partial charge in [-0.3, -0.25) is 0 Å². The van der Waals surface area contributed by atoms with Gasteiger partial charge in [-0.25, -0.2) is 9.59 Å². The monoisotopic (exact) mass is 386 g/mol. The Morgan fingerprint density at radius 3 is 2.07 bits per heavy atom. The van der Waals surface area contributed by atoms with Crippen molar-refractivity contribution >= 4 is 11.9 Å². The van der Waals surface area contributed by atoms with Crippen molar-refractivity contribution in [3.05, 3.63) is 60.7 Å². The molecular weight excluding hydrogens is 360 g/mol. The van der Waals surface area contributed by atoms with Gasteiger partial charge in [0.25, 0.3) is 0 Å². The Hall–Kier alpha value is -2.70. The minimum Gasteiger partial charge on any atom is -0.425 e. The van der Waals surface area contributed by atoms with E-state index in [4.69, 9.17) is 18.9 Å². The van der Waals surface area contributed by atoms with Crippen LogP contribution in [0.3, 0.4) is 0 Å². The molecule has 0 bridgehead atoms. The summed E-state index contributed by atoms with van der Waals surface area (Å²) in [6.45, 7) is 2.20. The zero-order valence-electron chi connectivity index (χ0n) is 16.0. The van der Waals surface area contributed by atoms with Crippen LogP contribution in [-0.2, 0) is 19.1 Å². The van der Waals surface area contributed by atoms with Gasteiger partial charge in [0.05, 0.1) is 13.2 Å². The Morgan fingerprint density at radius 2 is 1.46 bits per heavy atom. The highest BCUT2D eigenvalue weighted by atomic mass is 16.6. The number of carbonyl (C=O) groups excluding carboxylic acids is 2. The molecule has 6 heteroatoms. The Kier molecular flexibility index (Phi) is 9.75. The lowest BCUT2D eigenvalue weighted by atomic mass is 10.1. The van der Waals surface area contributed by atoms with Crippen LogP contribution < -0.4 is 9.47 Å². The highest BCUT2D eigenvalue weighted by molar-refractivity contribution is 5.77. The molecule has 0 aliphatic carbocycles. The molecule has 2 aromatic rings. The fraction of sp³-hybridized carbons (Fsp3) is 0.364. The zero-order chi connectivity index (χ0) is 20.0. The molecule has 0 aliphatic rings. The normalized spacial score (nSPS) is 11.6. The average molecular weight is 386 g/mol. The smallest absolute Gasteiger partial charge is 0.340 e. The van der Waals surface area contributed by atoms with Crippen LogP contribution in [0.25, 0.3) is 0 Å². The molecule has 0 spiro atoms. The summed E-state index contributed by atoms with van der Waals surface area (Å²) >= 11 is 0. The molecule has 2 aromatic carbocycles. The van der Waals surface area contributed by atoms with Crippen LogP contribution in [0.2, 0.25) is 0 Å². The van der Waals surface area contributed by atoms with Crippen molar-refractivity contribution < 1.29 is 28.5 Å². The van der Waals surface area contributed by atoms with E-state index in [1.165, 1.54) is 0 Å². The van der Waals surface area contributed by atoms with Crippen molar-refractivity contribution in [2.45, 2.75) is 32.3 Å². The van der Waals surface area contributed by atoms with Gasteiger partial charge in [-0.15, -0.1) is 0 Å². The lowest BCUT2D eigenvalue weighted by Gasteiger charge is -2.16. The van der Waals surface area contributed by atoms with Gasteiger partial charge >= 0.3 is 11.9 Å². The summed E-state index contributed by atoms with van der Waals surface area (Å²) in [4.78, 5) is 24.0. The molecule has 2 rings (SSSR count). The van der Waals surface area contributed by atoms with Gasteiger partial charge in [0.1, 0.15) is 18.1 Å². The van der Waals surface area contributed by atoms with Crippen LogP contribution in [0.1, 0.15) is 26.2 Å². The molecule has 150 valence electrons. The van der Waals surface area contributed by atoms with E-state index in [0.29, 0.717) is 17.9 Å². The second kappa shape index (κ2) is 12.6. The third-order valence-electron chi connectivity index (χ3n) is 3.79. The first-order valence-electron chi connectivity index (χ1n) is 9.41. The molecule has 0 N–H and O–H groups in total.